The summed E-state index contributed by atoms with van der Waals surface area (Å²) in [4.78, 5) is 16.7. The Kier molecular flexibility index (Phi) is 5.15. The van der Waals surface area contributed by atoms with E-state index in [4.69, 9.17) is 9.15 Å². The van der Waals surface area contributed by atoms with Crippen LogP contribution in [-0.2, 0) is 21.4 Å². The first-order valence-corrected chi connectivity index (χ1v) is 10.6. The number of benzene rings is 2. The van der Waals surface area contributed by atoms with Crippen molar-refractivity contribution in [2.45, 2.75) is 30.8 Å². The number of ether oxygens (including phenoxy) is 1. The summed E-state index contributed by atoms with van der Waals surface area (Å²) < 4.78 is 37.8. The maximum Gasteiger partial charge on any atom is 0.338 e. The quantitative estimate of drug-likeness (QED) is 0.610. The van der Waals surface area contributed by atoms with Gasteiger partial charge in [-0.15, -0.1) is 0 Å². The molecule has 146 valence electrons. The molecule has 8 heteroatoms. The highest BCUT2D eigenvalue weighted by Gasteiger charge is 2.26. The van der Waals surface area contributed by atoms with Gasteiger partial charge in [-0.2, -0.15) is 4.31 Å². The summed E-state index contributed by atoms with van der Waals surface area (Å²) >= 11 is 0. The molecule has 2 aromatic carbocycles. The molecule has 0 saturated carbocycles. The first-order chi connectivity index (χ1) is 13.5. The normalized spacial score (nSPS) is 15.6. The second kappa shape index (κ2) is 7.73. The molecule has 0 unspecified atom stereocenters. The lowest BCUT2D eigenvalue weighted by molar-refractivity contribution is 0.0440. The van der Waals surface area contributed by atoms with Crippen LogP contribution in [-0.4, -0.2) is 36.8 Å². The van der Waals surface area contributed by atoms with Gasteiger partial charge in [0.05, 0.1) is 10.5 Å². The van der Waals surface area contributed by atoms with Gasteiger partial charge in [-0.3, -0.25) is 0 Å². The highest BCUT2D eigenvalue weighted by Crippen LogP contribution is 2.22. The molecular weight excluding hydrogens is 380 g/mol. The Morgan fingerprint density at radius 2 is 1.86 bits per heavy atom. The maximum absolute atomic E-state index is 12.8. The molecule has 4 rings (SSSR count). The number of aromatic nitrogens is 1. The van der Waals surface area contributed by atoms with Crippen LogP contribution in [0.25, 0.3) is 11.1 Å². The Morgan fingerprint density at radius 1 is 1.07 bits per heavy atom. The second-order valence-electron chi connectivity index (χ2n) is 6.64. The van der Waals surface area contributed by atoms with Crippen LogP contribution in [0, 0.1) is 0 Å². The molecule has 1 fully saturated rings. The lowest BCUT2D eigenvalue weighted by Crippen LogP contribution is -2.35. The predicted octanol–water partition coefficient (Wildman–Crippen LogP) is 3.36. The molecular formula is C20H20N2O5S. The van der Waals surface area contributed by atoms with Crippen LogP contribution in [0.3, 0.4) is 0 Å². The Labute approximate surface area is 163 Å². The van der Waals surface area contributed by atoms with Crippen molar-refractivity contribution in [3.8, 4) is 0 Å². The molecule has 3 aromatic rings. The summed E-state index contributed by atoms with van der Waals surface area (Å²) in [5, 5.41) is 0. The van der Waals surface area contributed by atoms with E-state index in [0.717, 1.165) is 19.3 Å². The van der Waals surface area contributed by atoms with Crippen molar-refractivity contribution in [3.63, 3.8) is 0 Å². The first kappa shape index (κ1) is 18.6. The lowest BCUT2D eigenvalue weighted by atomic mass is 10.2. The molecule has 0 aliphatic carbocycles. The van der Waals surface area contributed by atoms with Gasteiger partial charge in [0.15, 0.2) is 12.2 Å². The van der Waals surface area contributed by atoms with E-state index in [-0.39, 0.29) is 23.0 Å². The number of fused-ring (bicyclic) bond motifs is 1. The van der Waals surface area contributed by atoms with Crippen molar-refractivity contribution in [1.82, 2.24) is 9.29 Å². The molecule has 1 aliphatic rings. The molecule has 0 atom stereocenters. The second-order valence-corrected chi connectivity index (χ2v) is 8.58. The largest absolute Gasteiger partial charge is 0.452 e. The van der Waals surface area contributed by atoms with Gasteiger partial charge in [0.25, 0.3) is 0 Å². The van der Waals surface area contributed by atoms with E-state index < -0.39 is 16.0 Å². The molecule has 7 nitrogen and oxygen atoms in total. The Bertz CT molecular complexity index is 1070. The van der Waals surface area contributed by atoms with Crippen molar-refractivity contribution in [3.05, 3.63) is 60.0 Å². The van der Waals surface area contributed by atoms with Crippen LogP contribution in [0.4, 0.5) is 0 Å². The van der Waals surface area contributed by atoms with Crippen molar-refractivity contribution >= 4 is 27.1 Å². The number of piperidine rings is 1. The number of esters is 1. The Hall–Kier alpha value is -2.71. The van der Waals surface area contributed by atoms with Crippen LogP contribution in [0.2, 0.25) is 0 Å². The Morgan fingerprint density at radius 3 is 2.64 bits per heavy atom. The number of sulfonamides is 1. The van der Waals surface area contributed by atoms with E-state index in [0.29, 0.717) is 24.2 Å². The molecule has 0 amide bonds. The van der Waals surface area contributed by atoms with E-state index in [2.05, 4.69) is 4.98 Å². The van der Waals surface area contributed by atoms with Crippen LogP contribution in [0.15, 0.2) is 57.8 Å². The monoisotopic (exact) mass is 400 g/mol. The van der Waals surface area contributed by atoms with Crippen LogP contribution in [0.1, 0.15) is 35.5 Å². The minimum absolute atomic E-state index is 0.103. The highest BCUT2D eigenvalue weighted by molar-refractivity contribution is 7.89. The number of hydrogen-bond acceptors (Lipinski definition) is 6. The van der Waals surface area contributed by atoms with Gasteiger partial charge in [0.2, 0.25) is 15.9 Å². The fourth-order valence-electron chi connectivity index (χ4n) is 3.23. The van der Waals surface area contributed by atoms with Crippen LogP contribution >= 0.6 is 0 Å². The lowest BCUT2D eigenvalue weighted by Gasteiger charge is -2.25. The number of oxazole rings is 1. The Balaban J connectivity index is 1.48. The van der Waals surface area contributed by atoms with Crippen molar-refractivity contribution in [1.29, 1.82) is 0 Å². The standard InChI is InChI=1S/C20H20N2O5S/c23-20(26-14-19-21-17-9-2-3-10-18(17)27-19)15-7-6-8-16(13-15)28(24,25)22-11-4-1-5-12-22/h2-3,6-10,13H,1,4-5,11-12,14H2. The summed E-state index contributed by atoms with van der Waals surface area (Å²) in [6, 6.07) is 13.2. The van der Waals surface area contributed by atoms with Gasteiger partial charge >= 0.3 is 5.97 Å². The summed E-state index contributed by atoms with van der Waals surface area (Å²) in [5.41, 5.74) is 1.47. The minimum atomic E-state index is -3.61. The van der Waals surface area contributed by atoms with Gasteiger partial charge in [-0.1, -0.05) is 24.6 Å². The molecule has 1 aromatic heterocycles. The molecule has 0 bridgehead atoms. The van der Waals surface area contributed by atoms with E-state index in [1.165, 1.54) is 22.5 Å². The van der Waals surface area contributed by atoms with Gasteiger partial charge in [-0.25, -0.2) is 18.2 Å². The number of rotatable bonds is 5. The first-order valence-electron chi connectivity index (χ1n) is 9.16. The molecule has 0 spiro atoms. The third-order valence-corrected chi connectivity index (χ3v) is 6.58. The summed E-state index contributed by atoms with van der Waals surface area (Å²) in [6.07, 6.45) is 2.74. The maximum atomic E-state index is 12.8. The van der Waals surface area contributed by atoms with Crippen molar-refractivity contribution < 1.29 is 22.4 Å². The molecule has 0 N–H and O–H groups in total. The number of carbonyl (C=O) groups excluding carboxylic acids is 1. The summed E-state index contributed by atoms with van der Waals surface area (Å²) in [6.45, 7) is 0.889. The fourth-order valence-corrected chi connectivity index (χ4v) is 4.79. The van der Waals surface area contributed by atoms with Gasteiger partial charge in [-0.05, 0) is 43.2 Å². The van der Waals surface area contributed by atoms with Crippen LogP contribution in [0.5, 0.6) is 0 Å². The smallest absolute Gasteiger partial charge is 0.338 e. The summed E-state index contributed by atoms with van der Waals surface area (Å²) in [5.74, 6) is -0.343. The van der Waals surface area contributed by atoms with Gasteiger partial charge in [0, 0.05) is 13.1 Å². The van der Waals surface area contributed by atoms with E-state index in [1.54, 1.807) is 18.2 Å². The molecule has 0 radical (unpaired) electrons. The van der Waals surface area contributed by atoms with Crippen molar-refractivity contribution in [2.75, 3.05) is 13.1 Å². The number of carbonyl (C=O) groups is 1. The molecule has 1 aliphatic heterocycles. The average molecular weight is 400 g/mol. The SMILES string of the molecule is O=C(OCc1nc2ccccc2o1)c1cccc(S(=O)(=O)N2CCCCC2)c1. The number of hydrogen-bond donors (Lipinski definition) is 0. The zero-order valence-corrected chi connectivity index (χ0v) is 16.0. The minimum Gasteiger partial charge on any atom is -0.452 e. The molecule has 1 saturated heterocycles. The third-order valence-electron chi connectivity index (χ3n) is 4.69. The van der Waals surface area contributed by atoms with E-state index in [1.807, 2.05) is 12.1 Å². The number of para-hydroxylation sites is 2. The molecule has 28 heavy (non-hydrogen) atoms. The van der Waals surface area contributed by atoms with E-state index in [9.17, 15) is 13.2 Å². The van der Waals surface area contributed by atoms with E-state index >= 15 is 0 Å². The average Bonchev–Trinajstić information content (AvgIpc) is 3.16. The van der Waals surface area contributed by atoms with Crippen molar-refractivity contribution in [2.24, 2.45) is 0 Å². The van der Waals surface area contributed by atoms with Crippen LogP contribution < -0.4 is 0 Å². The summed E-state index contributed by atoms with van der Waals surface area (Å²) in [7, 11) is -3.61. The zero-order chi connectivity index (χ0) is 19.6. The topological polar surface area (TPSA) is 89.7 Å². The van der Waals surface area contributed by atoms with Gasteiger partial charge < -0.3 is 9.15 Å². The zero-order valence-electron chi connectivity index (χ0n) is 15.2. The predicted molar refractivity (Wildman–Crippen MR) is 102 cm³/mol. The molecule has 2 heterocycles. The van der Waals surface area contributed by atoms with Gasteiger partial charge in [0.1, 0.15) is 5.52 Å². The number of nitrogens with zero attached hydrogens (tertiary/aromatic N) is 2. The highest BCUT2D eigenvalue weighted by atomic mass is 32.2. The fraction of sp³-hybridized carbons (Fsp3) is 0.300. The third kappa shape index (κ3) is 3.79.